The smallest absolute Gasteiger partial charge is 0.251 e. The zero-order valence-corrected chi connectivity index (χ0v) is 22.6. The number of carbonyl (C=O) groups is 3. The van der Waals surface area contributed by atoms with Gasteiger partial charge in [0.25, 0.3) is 5.91 Å². The van der Waals surface area contributed by atoms with E-state index in [9.17, 15) is 27.2 Å². The van der Waals surface area contributed by atoms with Crippen LogP contribution in [0.25, 0.3) is 21.3 Å². The average Bonchev–Trinajstić information content (AvgIpc) is 3.53. The van der Waals surface area contributed by atoms with Crippen molar-refractivity contribution in [1.82, 2.24) is 20.9 Å². The van der Waals surface area contributed by atoms with Crippen molar-refractivity contribution >= 4 is 49.1 Å². The van der Waals surface area contributed by atoms with E-state index in [-0.39, 0.29) is 28.4 Å². The van der Waals surface area contributed by atoms with Gasteiger partial charge in [0.05, 0.1) is 21.7 Å². The molecule has 0 bridgehead atoms. The minimum atomic E-state index is -4.36. The van der Waals surface area contributed by atoms with Gasteiger partial charge in [-0.1, -0.05) is 18.2 Å². The zero-order valence-electron chi connectivity index (χ0n) is 20.9. The predicted octanol–water partition coefficient (Wildman–Crippen LogP) is 3.26. The fraction of sp³-hybridized carbons (Fsp3) is 0.214. The first-order chi connectivity index (χ1) is 19.2. The summed E-state index contributed by atoms with van der Waals surface area (Å²) in [6.07, 6.45) is 1.74. The van der Waals surface area contributed by atoms with Crippen molar-refractivity contribution in [3.05, 3.63) is 82.6 Å². The van der Waals surface area contributed by atoms with Crippen molar-refractivity contribution in [2.45, 2.75) is 35.6 Å². The average molecular weight is 579 g/mol. The van der Waals surface area contributed by atoms with E-state index >= 15 is 0 Å². The number of carbonyl (C=O) groups excluding carboxylic acids is 3. The molecule has 1 aliphatic heterocycles. The maximum Gasteiger partial charge on any atom is 0.251 e. The van der Waals surface area contributed by atoms with E-state index in [2.05, 4.69) is 20.9 Å². The molecule has 3 aromatic carbocycles. The van der Waals surface area contributed by atoms with Crippen molar-refractivity contribution in [3.63, 3.8) is 0 Å². The van der Waals surface area contributed by atoms with Gasteiger partial charge in [-0.2, -0.15) is 0 Å². The van der Waals surface area contributed by atoms with E-state index in [0.29, 0.717) is 22.3 Å². The molecule has 3 N–H and O–H groups in total. The Morgan fingerprint density at radius 2 is 1.77 bits per heavy atom. The van der Waals surface area contributed by atoms with Crippen LogP contribution in [0.2, 0.25) is 0 Å². The highest BCUT2D eigenvalue weighted by Crippen LogP contribution is 2.36. The van der Waals surface area contributed by atoms with Crippen LogP contribution >= 0.6 is 11.3 Å². The molecule has 2 heterocycles. The summed E-state index contributed by atoms with van der Waals surface area (Å²) in [6, 6.07) is 15.3. The summed E-state index contributed by atoms with van der Waals surface area (Å²) in [4.78, 5) is 41.8. The lowest BCUT2D eigenvalue weighted by molar-refractivity contribution is -0.126. The highest BCUT2D eigenvalue weighted by atomic mass is 32.2. The van der Waals surface area contributed by atoms with Crippen LogP contribution in [-0.4, -0.2) is 43.7 Å². The van der Waals surface area contributed by atoms with Gasteiger partial charge in [-0.05, 0) is 72.0 Å². The molecule has 1 saturated carbocycles. The quantitative estimate of drug-likeness (QED) is 0.275. The summed E-state index contributed by atoms with van der Waals surface area (Å²) in [5.41, 5.74) is 3.61. The van der Waals surface area contributed by atoms with Gasteiger partial charge in [0, 0.05) is 18.2 Å². The molecule has 3 amide bonds. The molecule has 9 nitrogen and oxygen atoms in total. The number of amides is 3. The van der Waals surface area contributed by atoms with Crippen LogP contribution in [0.15, 0.2) is 65.6 Å². The van der Waals surface area contributed by atoms with E-state index in [4.69, 9.17) is 0 Å². The molecule has 2 aliphatic rings. The Balaban J connectivity index is 1.35. The molecular formula is C28H23FN4O5S2. The van der Waals surface area contributed by atoms with E-state index < -0.39 is 32.7 Å². The van der Waals surface area contributed by atoms with Crippen molar-refractivity contribution in [1.29, 1.82) is 0 Å². The Kier molecular flexibility index (Phi) is 6.59. The van der Waals surface area contributed by atoms with Crippen LogP contribution in [0, 0.1) is 5.82 Å². The van der Waals surface area contributed by atoms with Crippen LogP contribution in [-0.2, 0) is 26.0 Å². The minimum absolute atomic E-state index is 0.0184. The fourth-order valence-electron chi connectivity index (χ4n) is 4.54. The van der Waals surface area contributed by atoms with Gasteiger partial charge in [0.15, 0.2) is 15.1 Å². The van der Waals surface area contributed by atoms with Gasteiger partial charge in [-0.3, -0.25) is 14.4 Å². The number of hydrogen-bond acceptors (Lipinski definition) is 7. The maximum absolute atomic E-state index is 13.7. The number of sulfone groups is 1. The van der Waals surface area contributed by atoms with E-state index in [1.807, 2.05) is 30.3 Å². The maximum atomic E-state index is 13.7. The van der Waals surface area contributed by atoms with Crippen LogP contribution in [0.4, 0.5) is 4.39 Å². The molecular weight excluding hydrogens is 555 g/mol. The molecule has 4 aromatic rings. The highest BCUT2D eigenvalue weighted by Gasteiger charge is 2.38. The van der Waals surface area contributed by atoms with Crippen molar-refractivity contribution in [2.75, 3.05) is 6.54 Å². The molecule has 40 heavy (non-hydrogen) atoms. The van der Waals surface area contributed by atoms with Gasteiger partial charge in [-0.25, -0.2) is 17.8 Å². The van der Waals surface area contributed by atoms with E-state index in [1.165, 1.54) is 0 Å². The van der Waals surface area contributed by atoms with Crippen LogP contribution in [0.3, 0.4) is 0 Å². The number of benzene rings is 3. The third-order valence-electron chi connectivity index (χ3n) is 6.81. The number of thiazole rings is 1. The van der Waals surface area contributed by atoms with Gasteiger partial charge in [-0.15, -0.1) is 11.3 Å². The zero-order chi connectivity index (χ0) is 28.0. The third-order valence-corrected chi connectivity index (χ3v) is 10.0. The number of nitrogens with zero attached hydrogens (tertiary/aromatic N) is 1. The SMILES string of the molecule is O=C(CNC(=O)C(c1nc2ccc(-c3ccc4c(c3)C(=O)NC4)cc2s1)S(=O)(=O)c1ccc(F)cc1)NC1CC1. The highest BCUT2D eigenvalue weighted by molar-refractivity contribution is 7.92. The van der Waals surface area contributed by atoms with Gasteiger partial charge < -0.3 is 16.0 Å². The Bertz CT molecular complexity index is 1780. The second kappa shape index (κ2) is 10.1. The standard InChI is InChI=1S/C28H23FN4O5S2/c29-18-4-8-20(9-5-18)40(37,38)25(27(36)31-14-24(34)32-19-6-7-19)28-33-22-10-3-16(12-23(22)39-28)15-1-2-17-13-30-26(35)21(17)11-15/h1-5,8-12,19,25H,6-7,13-14H2,(H,30,35)(H,31,36)(H,32,34). The Hall–Kier alpha value is -4.16. The lowest BCUT2D eigenvalue weighted by Crippen LogP contribution is -2.41. The summed E-state index contributed by atoms with van der Waals surface area (Å²) in [6.45, 7) is 0.103. The number of nitrogens with one attached hydrogen (secondary N) is 3. The van der Waals surface area contributed by atoms with E-state index in [1.54, 1.807) is 6.07 Å². The summed E-state index contributed by atoms with van der Waals surface area (Å²) in [5.74, 6) is -2.07. The summed E-state index contributed by atoms with van der Waals surface area (Å²) < 4.78 is 41.5. The monoisotopic (exact) mass is 578 g/mol. The van der Waals surface area contributed by atoms with Crippen LogP contribution in [0.5, 0.6) is 0 Å². The minimum Gasteiger partial charge on any atom is -0.352 e. The summed E-state index contributed by atoms with van der Waals surface area (Å²) in [5, 5.41) is 6.24. The molecule has 0 spiro atoms. The Morgan fingerprint density at radius 3 is 2.52 bits per heavy atom. The molecule has 1 atom stereocenters. The number of halogens is 1. The second-order valence-electron chi connectivity index (χ2n) is 9.73. The lowest BCUT2D eigenvalue weighted by Gasteiger charge is -2.16. The van der Waals surface area contributed by atoms with Crippen molar-refractivity contribution in [3.8, 4) is 11.1 Å². The number of hydrogen-bond donors (Lipinski definition) is 3. The Labute approximate surface area is 232 Å². The lowest BCUT2D eigenvalue weighted by atomic mass is 10.0. The first-order valence-corrected chi connectivity index (χ1v) is 14.9. The molecule has 12 heteroatoms. The van der Waals surface area contributed by atoms with Gasteiger partial charge >= 0.3 is 0 Å². The van der Waals surface area contributed by atoms with Crippen molar-refractivity contribution < 1.29 is 27.2 Å². The topological polar surface area (TPSA) is 134 Å². The first kappa shape index (κ1) is 26.1. The molecule has 0 radical (unpaired) electrons. The first-order valence-electron chi connectivity index (χ1n) is 12.6. The van der Waals surface area contributed by atoms with Crippen LogP contribution in [0.1, 0.15) is 39.0 Å². The van der Waals surface area contributed by atoms with Gasteiger partial charge in [0.1, 0.15) is 10.8 Å². The molecule has 1 fully saturated rings. The number of fused-ring (bicyclic) bond motifs is 2. The van der Waals surface area contributed by atoms with Crippen molar-refractivity contribution in [2.24, 2.45) is 0 Å². The normalized spacial score (nSPS) is 15.4. The molecule has 1 unspecified atom stereocenters. The van der Waals surface area contributed by atoms with E-state index in [0.717, 1.165) is 65.1 Å². The molecule has 0 saturated heterocycles. The molecule has 204 valence electrons. The predicted molar refractivity (Wildman–Crippen MR) is 147 cm³/mol. The summed E-state index contributed by atoms with van der Waals surface area (Å²) >= 11 is 1.04. The summed E-state index contributed by atoms with van der Waals surface area (Å²) in [7, 11) is -4.36. The van der Waals surface area contributed by atoms with Crippen LogP contribution < -0.4 is 16.0 Å². The largest absolute Gasteiger partial charge is 0.352 e. The Morgan fingerprint density at radius 1 is 1.05 bits per heavy atom. The number of aromatic nitrogens is 1. The number of rotatable bonds is 8. The molecule has 1 aliphatic carbocycles. The second-order valence-corrected chi connectivity index (χ2v) is 12.8. The van der Waals surface area contributed by atoms with Gasteiger partial charge in [0.2, 0.25) is 11.8 Å². The molecule has 6 rings (SSSR count). The fourth-order valence-corrected chi connectivity index (χ4v) is 7.52. The molecule has 1 aromatic heterocycles. The third kappa shape index (κ3) is 5.07.